The number of aliphatic imine (C=N–C) groups is 1. The van der Waals surface area contributed by atoms with Crippen molar-refractivity contribution in [2.24, 2.45) is 10.7 Å². The van der Waals surface area contributed by atoms with Crippen LogP contribution in [0.1, 0.15) is 15.9 Å². The molecule has 0 fully saturated rings. The summed E-state index contributed by atoms with van der Waals surface area (Å²) in [5, 5.41) is 5.70. The Balaban J connectivity index is 1.56. The molecule has 0 bridgehead atoms. The zero-order valence-corrected chi connectivity index (χ0v) is 16.3. The molecule has 3 aromatic rings. The van der Waals surface area contributed by atoms with Crippen molar-refractivity contribution in [3.05, 3.63) is 90.0 Å². The van der Waals surface area contributed by atoms with E-state index < -0.39 is 0 Å². The topological polar surface area (TPSA) is 88.7 Å². The molecule has 148 valence electrons. The third-order valence-electron chi connectivity index (χ3n) is 4.18. The molecule has 3 rings (SSSR count). The molecule has 0 saturated carbocycles. The van der Waals surface area contributed by atoms with E-state index >= 15 is 0 Å². The van der Waals surface area contributed by atoms with Gasteiger partial charge in [0.1, 0.15) is 11.5 Å². The third-order valence-corrected chi connectivity index (χ3v) is 4.18. The van der Waals surface area contributed by atoms with Gasteiger partial charge in [0.15, 0.2) is 5.96 Å². The molecule has 6 nitrogen and oxygen atoms in total. The lowest BCUT2D eigenvalue weighted by atomic mass is 10.1. The number of para-hydroxylation sites is 1. The van der Waals surface area contributed by atoms with Crippen molar-refractivity contribution in [1.29, 1.82) is 0 Å². The summed E-state index contributed by atoms with van der Waals surface area (Å²) in [4.78, 5) is 16.1. The molecule has 4 N–H and O–H groups in total. The quantitative estimate of drug-likeness (QED) is 0.424. The fraction of sp³-hybridized carbons (Fsp3) is 0.130. The minimum Gasteiger partial charge on any atom is -0.457 e. The fourth-order valence-electron chi connectivity index (χ4n) is 2.77. The van der Waals surface area contributed by atoms with E-state index in [0.717, 1.165) is 17.0 Å². The molecule has 0 aliphatic heterocycles. The molecule has 0 radical (unpaired) electrons. The lowest BCUT2D eigenvalue weighted by molar-refractivity contribution is 0.0963. The summed E-state index contributed by atoms with van der Waals surface area (Å²) in [6.45, 7) is 0.510. The Morgan fingerprint density at radius 1 is 0.966 bits per heavy atom. The van der Waals surface area contributed by atoms with Crippen molar-refractivity contribution < 1.29 is 9.53 Å². The fourth-order valence-corrected chi connectivity index (χ4v) is 2.77. The Bertz CT molecular complexity index is 987. The Morgan fingerprint density at radius 2 is 1.72 bits per heavy atom. The molecule has 1 amide bonds. The van der Waals surface area contributed by atoms with Crippen molar-refractivity contribution >= 4 is 17.6 Å². The number of nitrogens with one attached hydrogen (secondary N) is 2. The Hall–Kier alpha value is -3.80. The molecule has 29 heavy (non-hydrogen) atoms. The average Bonchev–Trinajstić information content (AvgIpc) is 2.74. The highest BCUT2D eigenvalue weighted by Gasteiger charge is 2.04. The predicted octanol–water partition coefficient (Wildman–Crippen LogP) is 3.81. The van der Waals surface area contributed by atoms with Gasteiger partial charge in [-0.1, -0.05) is 36.4 Å². The Kier molecular flexibility index (Phi) is 6.84. The summed E-state index contributed by atoms with van der Waals surface area (Å²) in [5.41, 5.74) is 8.46. The van der Waals surface area contributed by atoms with Crippen LogP contribution in [0.4, 0.5) is 5.69 Å². The highest BCUT2D eigenvalue weighted by atomic mass is 16.5. The molecule has 0 atom stereocenters. The maximum atomic E-state index is 11.7. The van der Waals surface area contributed by atoms with Gasteiger partial charge in [-0.3, -0.25) is 9.79 Å². The van der Waals surface area contributed by atoms with E-state index in [1.807, 2.05) is 72.8 Å². The minimum atomic E-state index is -0.103. The van der Waals surface area contributed by atoms with Gasteiger partial charge in [0.25, 0.3) is 5.91 Å². The number of hydrogen-bond donors (Lipinski definition) is 3. The van der Waals surface area contributed by atoms with Crippen LogP contribution in [0.2, 0.25) is 0 Å². The Labute approximate surface area is 170 Å². The van der Waals surface area contributed by atoms with Gasteiger partial charge in [0.2, 0.25) is 0 Å². The van der Waals surface area contributed by atoms with E-state index in [0.29, 0.717) is 30.2 Å². The van der Waals surface area contributed by atoms with Gasteiger partial charge >= 0.3 is 0 Å². The predicted molar refractivity (Wildman–Crippen MR) is 117 cm³/mol. The third kappa shape index (κ3) is 6.10. The van der Waals surface area contributed by atoms with E-state index in [-0.39, 0.29) is 5.91 Å². The molecular weight excluding hydrogens is 364 g/mol. The second kappa shape index (κ2) is 9.94. The maximum Gasteiger partial charge on any atom is 0.251 e. The van der Waals surface area contributed by atoms with Crippen LogP contribution in [0.5, 0.6) is 11.5 Å². The minimum absolute atomic E-state index is 0.103. The first kappa shape index (κ1) is 19.9. The van der Waals surface area contributed by atoms with Crippen LogP contribution < -0.4 is 21.1 Å². The van der Waals surface area contributed by atoms with Crippen molar-refractivity contribution in [2.75, 3.05) is 18.9 Å². The van der Waals surface area contributed by atoms with Gasteiger partial charge in [0, 0.05) is 30.9 Å². The number of amides is 1. The molecule has 0 heterocycles. The van der Waals surface area contributed by atoms with E-state index in [1.165, 1.54) is 0 Å². The highest BCUT2D eigenvalue weighted by Crippen LogP contribution is 2.23. The van der Waals surface area contributed by atoms with Crippen molar-refractivity contribution in [3.8, 4) is 11.5 Å². The number of guanidine groups is 1. The number of carbonyl (C=O) groups excluding carboxylic acids is 1. The Morgan fingerprint density at radius 3 is 2.52 bits per heavy atom. The van der Waals surface area contributed by atoms with Gasteiger partial charge in [0.05, 0.1) is 0 Å². The lowest BCUT2D eigenvalue weighted by Crippen LogP contribution is -2.23. The molecular formula is C23H24N4O2. The van der Waals surface area contributed by atoms with Crippen molar-refractivity contribution in [1.82, 2.24) is 5.32 Å². The van der Waals surface area contributed by atoms with Gasteiger partial charge in [-0.05, 0) is 48.4 Å². The average molecular weight is 388 g/mol. The summed E-state index contributed by atoms with van der Waals surface area (Å²) >= 11 is 0. The summed E-state index contributed by atoms with van der Waals surface area (Å²) in [6.07, 6.45) is 0.685. The number of hydrogen-bond acceptors (Lipinski definition) is 3. The van der Waals surface area contributed by atoms with E-state index in [2.05, 4.69) is 15.6 Å². The monoisotopic (exact) mass is 388 g/mol. The molecule has 0 aromatic heterocycles. The molecule has 0 aliphatic carbocycles. The molecule has 6 heteroatoms. The molecule has 0 unspecified atom stereocenters. The van der Waals surface area contributed by atoms with Gasteiger partial charge < -0.3 is 21.1 Å². The van der Waals surface area contributed by atoms with E-state index in [1.54, 1.807) is 13.1 Å². The van der Waals surface area contributed by atoms with Gasteiger partial charge in [-0.15, -0.1) is 0 Å². The molecule has 0 saturated heterocycles. The molecule has 3 aromatic carbocycles. The van der Waals surface area contributed by atoms with Crippen LogP contribution in [0.25, 0.3) is 0 Å². The zero-order valence-electron chi connectivity index (χ0n) is 16.3. The largest absolute Gasteiger partial charge is 0.457 e. The SMILES string of the molecule is CNC(=O)c1cccc(CCN=C(N)Nc2cccc(Oc3ccccc3)c2)c1. The number of anilines is 1. The zero-order chi connectivity index (χ0) is 20.5. The summed E-state index contributed by atoms with van der Waals surface area (Å²) in [6, 6.07) is 24.6. The number of rotatable bonds is 7. The van der Waals surface area contributed by atoms with Gasteiger partial charge in [-0.25, -0.2) is 0 Å². The number of nitrogens with two attached hydrogens (primary N) is 1. The number of nitrogens with zero attached hydrogens (tertiary/aromatic N) is 1. The number of carbonyl (C=O) groups is 1. The first-order valence-electron chi connectivity index (χ1n) is 9.35. The molecule has 0 aliphatic rings. The van der Waals surface area contributed by atoms with Crippen LogP contribution in [0.3, 0.4) is 0 Å². The summed E-state index contributed by atoms with van der Waals surface area (Å²) < 4.78 is 5.83. The van der Waals surface area contributed by atoms with Crippen molar-refractivity contribution in [3.63, 3.8) is 0 Å². The van der Waals surface area contributed by atoms with Crippen LogP contribution in [0.15, 0.2) is 83.9 Å². The van der Waals surface area contributed by atoms with Gasteiger partial charge in [-0.2, -0.15) is 0 Å². The van der Waals surface area contributed by atoms with E-state index in [9.17, 15) is 4.79 Å². The highest BCUT2D eigenvalue weighted by molar-refractivity contribution is 5.94. The first-order chi connectivity index (χ1) is 14.1. The van der Waals surface area contributed by atoms with Crippen molar-refractivity contribution in [2.45, 2.75) is 6.42 Å². The number of benzene rings is 3. The maximum absolute atomic E-state index is 11.7. The standard InChI is InChI=1S/C23H24N4O2/c1-25-22(28)18-8-5-7-17(15-18)13-14-26-23(24)27-19-9-6-12-21(16-19)29-20-10-3-2-4-11-20/h2-12,15-16H,13-14H2,1H3,(H,25,28)(H3,24,26,27). The summed E-state index contributed by atoms with van der Waals surface area (Å²) in [5.74, 6) is 1.70. The van der Waals surface area contributed by atoms with E-state index in [4.69, 9.17) is 10.5 Å². The smallest absolute Gasteiger partial charge is 0.251 e. The second-order valence-corrected chi connectivity index (χ2v) is 6.36. The normalized spacial score (nSPS) is 11.0. The van der Waals surface area contributed by atoms with Crippen LogP contribution in [-0.4, -0.2) is 25.5 Å². The molecule has 0 spiro atoms. The van der Waals surface area contributed by atoms with Crippen LogP contribution >= 0.6 is 0 Å². The first-order valence-corrected chi connectivity index (χ1v) is 9.35. The summed E-state index contributed by atoms with van der Waals surface area (Å²) in [7, 11) is 1.62. The van der Waals surface area contributed by atoms with Crippen LogP contribution in [-0.2, 0) is 6.42 Å². The second-order valence-electron chi connectivity index (χ2n) is 6.36. The van der Waals surface area contributed by atoms with Crippen LogP contribution in [0, 0.1) is 0 Å². The number of ether oxygens (including phenoxy) is 1. The lowest BCUT2D eigenvalue weighted by Gasteiger charge is -2.09.